The fraction of sp³-hybridized carbons (Fsp3) is 0.407. The number of carbonyl (C=O) groups excluding carboxylic acids is 2. The lowest BCUT2D eigenvalue weighted by molar-refractivity contribution is 0.0795. The van der Waals surface area contributed by atoms with Crippen LogP contribution in [-0.2, 0) is 6.42 Å². The molecule has 0 bridgehead atoms. The summed E-state index contributed by atoms with van der Waals surface area (Å²) >= 11 is 0. The smallest absolute Gasteiger partial charge is 0.257 e. The third-order valence-electron chi connectivity index (χ3n) is 6.34. The fourth-order valence-corrected chi connectivity index (χ4v) is 4.14. The number of aromatic nitrogens is 2. The van der Waals surface area contributed by atoms with Crippen LogP contribution in [0.1, 0.15) is 51.4 Å². The van der Waals surface area contributed by atoms with Gasteiger partial charge in [0.15, 0.2) is 5.82 Å². The van der Waals surface area contributed by atoms with E-state index in [0.717, 1.165) is 30.8 Å². The summed E-state index contributed by atoms with van der Waals surface area (Å²) in [6.45, 7) is 6.24. The van der Waals surface area contributed by atoms with Crippen molar-refractivity contribution in [2.24, 2.45) is 0 Å². The van der Waals surface area contributed by atoms with Gasteiger partial charge in [0.25, 0.3) is 17.7 Å². The normalized spacial score (nSPS) is 14.0. The summed E-state index contributed by atoms with van der Waals surface area (Å²) in [5.41, 5.74) is 3.12. The Morgan fingerprint density at radius 2 is 1.69 bits per heavy atom. The SMILES string of the molecule is Cc1ccc(C(=O)N(C)CCc2noc(-c3ccc(C(=O)NCCN4CCCCC4)cc3)n2)cc1. The molecule has 8 nitrogen and oxygen atoms in total. The number of rotatable bonds is 9. The van der Waals surface area contributed by atoms with Gasteiger partial charge in [-0.15, -0.1) is 0 Å². The van der Waals surface area contributed by atoms with Crippen LogP contribution in [-0.4, -0.2) is 71.5 Å². The number of piperidine rings is 1. The van der Waals surface area contributed by atoms with Crippen LogP contribution in [0.25, 0.3) is 11.5 Å². The van der Waals surface area contributed by atoms with Crippen LogP contribution in [0.5, 0.6) is 0 Å². The minimum absolute atomic E-state index is 0.0430. The number of aryl methyl sites for hydroxylation is 1. The Bertz CT molecular complexity index is 1120. The second kappa shape index (κ2) is 11.8. The molecule has 0 aliphatic carbocycles. The van der Waals surface area contributed by atoms with Gasteiger partial charge in [-0.25, -0.2) is 0 Å². The highest BCUT2D eigenvalue weighted by Gasteiger charge is 2.15. The second-order valence-electron chi connectivity index (χ2n) is 9.09. The molecule has 35 heavy (non-hydrogen) atoms. The van der Waals surface area contributed by atoms with Crippen molar-refractivity contribution < 1.29 is 14.1 Å². The van der Waals surface area contributed by atoms with Crippen LogP contribution in [0.2, 0.25) is 0 Å². The molecule has 2 aromatic carbocycles. The van der Waals surface area contributed by atoms with Crippen molar-refractivity contribution in [3.63, 3.8) is 0 Å². The maximum Gasteiger partial charge on any atom is 0.257 e. The Morgan fingerprint density at radius 1 is 1.00 bits per heavy atom. The van der Waals surface area contributed by atoms with Crippen molar-refractivity contribution in [3.8, 4) is 11.5 Å². The van der Waals surface area contributed by atoms with E-state index < -0.39 is 0 Å². The van der Waals surface area contributed by atoms with Crippen LogP contribution in [0, 0.1) is 6.92 Å². The van der Waals surface area contributed by atoms with Gasteiger partial charge in [-0.2, -0.15) is 4.98 Å². The summed E-state index contributed by atoms with van der Waals surface area (Å²) in [5.74, 6) is 0.798. The van der Waals surface area contributed by atoms with E-state index in [9.17, 15) is 9.59 Å². The van der Waals surface area contributed by atoms with E-state index in [0.29, 0.717) is 42.4 Å². The van der Waals surface area contributed by atoms with Gasteiger partial charge in [-0.1, -0.05) is 29.3 Å². The zero-order chi connectivity index (χ0) is 24.6. The molecule has 1 aliphatic heterocycles. The second-order valence-corrected chi connectivity index (χ2v) is 9.09. The average Bonchev–Trinajstić information content (AvgIpc) is 3.37. The van der Waals surface area contributed by atoms with Crippen molar-refractivity contribution in [3.05, 3.63) is 71.0 Å². The zero-order valence-electron chi connectivity index (χ0n) is 20.5. The first-order chi connectivity index (χ1) is 17.0. The summed E-state index contributed by atoms with van der Waals surface area (Å²) in [6, 6.07) is 14.7. The van der Waals surface area contributed by atoms with Crippen molar-refractivity contribution in [1.29, 1.82) is 0 Å². The monoisotopic (exact) mass is 475 g/mol. The minimum Gasteiger partial charge on any atom is -0.351 e. The first-order valence-electron chi connectivity index (χ1n) is 12.3. The molecule has 8 heteroatoms. The highest BCUT2D eigenvalue weighted by molar-refractivity contribution is 5.94. The molecule has 0 radical (unpaired) electrons. The lowest BCUT2D eigenvalue weighted by Crippen LogP contribution is -2.37. The van der Waals surface area contributed by atoms with Gasteiger partial charge in [0.05, 0.1) is 0 Å². The fourth-order valence-electron chi connectivity index (χ4n) is 4.14. The van der Waals surface area contributed by atoms with Crippen molar-refractivity contribution in [2.75, 3.05) is 39.8 Å². The number of benzene rings is 2. The standard InChI is InChI=1S/C27H33N5O3/c1-20-6-8-23(9-7-20)27(34)31(2)18-14-24-29-26(35-30-24)22-12-10-21(11-13-22)25(33)28-15-19-32-16-4-3-5-17-32/h6-13H,3-5,14-19H2,1-2H3,(H,28,33). The van der Waals surface area contributed by atoms with Crippen molar-refractivity contribution in [1.82, 2.24) is 25.3 Å². The molecule has 2 heterocycles. The molecule has 1 aromatic heterocycles. The topological polar surface area (TPSA) is 91.6 Å². The molecule has 1 fully saturated rings. The summed E-state index contributed by atoms with van der Waals surface area (Å²) in [7, 11) is 1.76. The van der Waals surface area contributed by atoms with E-state index in [1.165, 1.54) is 19.3 Å². The molecule has 1 saturated heterocycles. The van der Waals surface area contributed by atoms with E-state index >= 15 is 0 Å². The number of likely N-dealkylation sites (tertiary alicyclic amines) is 1. The Hall–Kier alpha value is -3.52. The average molecular weight is 476 g/mol. The minimum atomic E-state index is -0.0824. The van der Waals surface area contributed by atoms with E-state index in [4.69, 9.17) is 4.52 Å². The molecule has 4 rings (SSSR count). The molecule has 1 N–H and O–H groups in total. The molecular weight excluding hydrogens is 442 g/mol. The first kappa shape index (κ1) is 24.6. The Balaban J connectivity index is 1.26. The summed E-state index contributed by atoms with van der Waals surface area (Å²) in [4.78, 5) is 33.5. The number of nitrogens with zero attached hydrogens (tertiary/aromatic N) is 4. The van der Waals surface area contributed by atoms with Gasteiger partial charge in [-0.05, 0) is 69.3 Å². The molecule has 1 aliphatic rings. The van der Waals surface area contributed by atoms with Crippen molar-refractivity contribution >= 4 is 11.8 Å². The quantitative estimate of drug-likeness (QED) is 0.509. The number of hydrogen-bond donors (Lipinski definition) is 1. The molecular formula is C27H33N5O3. The molecule has 3 aromatic rings. The van der Waals surface area contributed by atoms with E-state index in [2.05, 4.69) is 20.4 Å². The van der Waals surface area contributed by atoms with Gasteiger partial charge in [0.1, 0.15) is 0 Å². The lowest BCUT2D eigenvalue weighted by atomic mass is 10.1. The summed E-state index contributed by atoms with van der Waals surface area (Å²) < 4.78 is 5.40. The van der Waals surface area contributed by atoms with Gasteiger partial charge in [0.2, 0.25) is 0 Å². The molecule has 0 spiro atoms. The maximum absolute atomic E-state index is 12.6. The number of amides is 2. The van der Waals surface area contributed by atoms with Gasteiger partial charge in [-0.3, -0.25) is 9.59 Å². The first-order valence-corrected chi connectivity index (χ1v) is 12.3. The molecule has 0 unspecified atom stereocenters. The summed E-state index contributed by atoms with van der Waals surface area (Å²) in [5, 5.41) is 7.04. The van der Waals surface area contributed by atoms with E-state index in [-0.39, 0.29) is 11.8 Å². The van der Waals surface area contributed by atoms with Crippen LogP contribution in [0.4, 0.5) is 0 Å². The Kier molecular flexibility index (Phi) is 8.26. The van der Waals surface area contributed by atoms with Gasteiger partial charge in [0, 0.05) is 49.8 Å². The number of hydrogen-bond acceptors (Lipinski definition) is 6. The van der Waals surface area contributed by atoms with E-state index in [1.54, 1.807) is 24.1 Å². The largest absolute Gasteiger partial charge is 0.351 e. The van der Waals surface area contributed by atoms with Crippen molar-refractivity contribution in [2.45, 2.75) is 32.6 Å². The van der Waals surface area contributed by atoms with Crippen LogP contribution < -0.4 is 5.32 Å². The third-order valence-corrected chi connectivity index (χ3v) is 6.34. The third kappa shape index (κ3) is 6.76. The van der Waals surface area contributed by atoms with Crippen LogP contribution in [0.3, 0.4) is 0 Å². The zero-order valence-corrected chi connectivity index (χ0v) is 20.5. The number of likely N-dealkylation sites (N-methyl/N-ethyl adjacent to an activating group) is 1. The predicted octanol–water partition coefficient (Wildman–Crippen LogP) is 3.58. The molecule has 0 atom stereocenters. The molecule has 0 saturated carbocycles. The maximum atomic E-state index is 12.6. The van der Waals surface area contributed by atoms with Gasteiger partial charge < -0.3 is 19.6 Å². The molecule has 184 valence electrons. The molecule has 2 amide bonds. The number of nitrogens with one attached hydrogen (secondary N) is 1. The summed E-state index contributed by atoms with van der Waals surface area (Å²) in [6.07, 6.45) is 4.28. The van der Waals surface area contributed by atoms with E-state index in [1.807, 2.05) is 43.3 Å². The number of carbonyl (C=O) groups is 2. The Morgan fingerprint density at radius 3 is 2.40 bits per heavy atom. The Labute approximate surface area is 206 Å². The predicted molar refractivity (Wildman–Crippen MR) is 134 cm³/mol. The highest BCUT2D eigenvalue weighted by Crippen LogP contribution is 2.18. The lowest BCUT2D eigenvalue weighted by Gasteiger charge is -2.26. The van der Waals surface area contributed by atoms with Gasteiger partial charge >= 0.3 is 0 Å². The highest BCUT2D eigenvalue weighted by atomic mass is 16.5. The van der Waals surface area contributed by atoms with Crippen LogP contribution >= 0.6 is 0 Å². The van der Waals surface area contributed by atoms with Crippen LogP contribution in [0.15, 0.2) is 53.1 Å².